The van der Waals surface area contributed by atoms with Gasteiger partial charge in [0.25, 0.3) is 0 Å². The number of benzene rings is 1. The van der Waals surface area contributed by atoms with E-state index in [0.29, 0.717) is 18.5 Å². The van der Waals surface area contributed by atoms with Crippen molar-refractivity contribution in [2.45, 2.75) is 46.0 Å². The van der Waals surface area contributed by atoms with E-state index in [-0.39, 0.29) is 18.5 Å². The summed E-state index contributed by atoms with van der Waals surface area (Å²) in [6.07, 6.45) is 4.89. The molecule has 0 aliphatic rings. The lowest BCUT2D eigenvalue weighted by molar-refractivity contribution is -0.121. The van der Waals surface area contributed by atoms with E-state index in [1.165, 1.54) is 6.42 Å². The van der Waals surface area contributed by atoms with Crippen molar-refractivity contribution in [3.63, 3.8) is 0 Å². The number of carbonyl (C=O) groups excluding carboxylic acids is 2. The molecular weight excluding hydrogens is 266 g/mol. The number of amides is 1. The standard InChI is InChI=1S/C17H25NO3/c1-3-4-5-6-11-16(19)18-12-13-21-17(20)15-10-8-7-9-14(15)2/h7-10H,3-6,11-13H2,1-2H3,(H,18,19). The van der Waals surface area contributed by atoms with Gasteiger partial charge in [-0.05, 0) is 25.0 Å². The average molecular weight is 291 g/mol. The number of aryl methyl sites for hydroxylation is 1. The molecule has 0 radical (unpaired) electrons. The first-order chi connectivity index (χ1) is 10.1. The summed E-state index contributed by atoms with van der Waals surface area (Å²) in [5.41, 5.74) is 1.46. The van der Waals surface area contributed by atoms with Crippen LogP contribution in [0.5, 0.6) is 0 Å². The normalized spacial score (nSPS) is 10.2. The van der Waals surface area contributed by atoms with Crippen LogP contribution in [0.2, 0.25) is 0 Å². The largest absolute Gasteiger partial charge is 0.460 e. The Morgan fingerprint density at radius 2 is 1.90 bits per heavy atom. The summed E-state index contributed by atoms with van der Waals surface area (Å²) in [7, 11) is 0. The molecule has 1 rings (SSSR count). The lowest BCUT2D eigenvalue weighted by Gasteiger charge is -2.08. The second-order valence-electron chi connectivity index (χ2n) is 5.11. The smallest absolute Gasteiger partial charge is 0.338 e. The topological polar surface area (TPSA) is 55.4 Å². The van der Waals surface area contributed by atoms with Crippen LogP contribution in [0.25, 0.3) is 0 Å². The van der Waals surface area contributed by atoms with Gasteiger partial charge in [0.2, 0.25) is 5.91 Å². The molecule has 0 saturated carbocycles. The van der Waals surface area contributed by atoms with Crippen molar-refractivity contribution in [3.8, 4) is 0 Å². The summed E-state index contributed by atoms with van der Waals surface area (Å²) in [5, 5.41) is 2.76. The molecule has 1 aromatic rings. The Morgan fingerprint density at radius 3 is 2.62 bits per heavy atom. The predicted molar refractivity (Wildman–Crippen MR) is 83.2 cm³/mol. The number of esters is 1. The number of unbranched alkanes of at least 4 members (excludes halogenated alkanes) is 3. The molecule has 1 N–H and O–H groups in total. The SMILES string of the molecule is CCCCCCC(=O)NCCOC(=O)c1ccccc1C. The molecule has 4 nitrogen and oxygen atoms in total. The Bertz CT molecular complexity index is 457. The van der Waals surface area contributed by atoms with E-state index in [1.807, 2.05) is 25.1 Å². The zero-order valence-electron chi connectivity index (χ0n) is 13.0. The quantitative estimate of drug-likeness (QED) is 0.561. The van der Waals surface area contributed by atoms with Gasteiger partial charge in [-0.15, -0.1) is 0 Å². The van der Waals surface area contributed by atoms with Gasteiger partial charge in [-0.25, -0.2) is 4.79 Å². The molecule has 0 bridgehead atoms. The number of ether oxygens (including phenoxy) is 1. The van der Waals surface area contributed by atoms with Crippen LogP contribution in [0.4, 0.5) is 0 Å². The molecule has 0 spiro atoms. The molecule has 0 aliphatic carbocycles. The summed E-state index contributed by atoms with van der Waals surface area (Å²) in [6, 6.07) is 7.30. The molecule has 1 amide bonds. The first-order valence-electron chi connectivity index (χ1n) is 7.64. The van der Waals surface area contributed by atoms with Crippen molar-refractivity contribution >= 4 is 11.9 Å². The Kier molecular flexibility index (Phi) is 8.17. The number of rotatable bonds is 9. The number of hydrogen-bond donors (Lipinski definition) is 1. The van der Waals surface area contributed by atoms with Crippen molar-refractivity contribution in [2.75, 3.05) is 13.2 Å². The van der Waals surface area contributed by atoms with E-state index in [0.717, 1.165) is 24.8 Å². The second-order valence-corrected chi connectivity index (χ2v) is 5.11. The van der Waals surface area contributed by atoms with E-state index in [1.54, 1.807) is 6.07 Å². The maximum Gasteiger partial charge on any atom is 0.338 e. The molecule has 0 unspecified atom stereocenters. The maximum absolute atomic E-state index is 11.8. The molecule has 116 valence electrons. The number of nitrogens with one attached hydrogen (secondary N) is 1. The van der Waals surface area contributed by atoms with Crippen molar-refractivity contribution in [1.82, 2.24) is 5.32 Å². The van der Waals surface area contributed by atoms with Crippen molar-refractivity contribution in [3.05, 3.63) is 35.4 Å². The highest BCUT2D eigenvalue weighted by Gasteiger charge is 2.09. The van der Waals surface area contributed by atoms with E-state index >= 15 is 0 Å². The molecule has 0 heterocycles. The number of hydrogen-bond acceptors (Lipinski definition) is 3. The summed E-state index contributed by atoms with van der Waals surface area (Å²) in [5.74, 6) is -0.316. The second kappa shape index (κ2) is 9.97. The third-order valence-corrected chi connectivity index (χ3v) is 3.28. The molecule has 0 aliphatic heterocycles. The van der Waals surface area contributed by atoms with Crippen LogP contribution in [0.3, 0.4) is 0 Å². The molecule has 0 fully saturated rings. The van der Waals surface area contributed by atoms with Gasteiger partial charge < -0.3 is 10.1 Å². The van der Waals surface area contributed by atoms with E-state index in [2.05, 4.69) is 12.2 Å². The molecular formula is C17H25NO3. The highest BCUT2D eigenvalue weighted by Crippen LogP contribution is 2.08. The zero-order chi connectivity index (χ0) is 15.5. The lowest BCUT2D eigenvalue weighted by atomic mass is 10.1. The first kappa shape index (κ1) is 17.2. The van der Waals surface area contributed by atoms with Gasteiger partial charge in [-0.1, -0.05) is 44.4 Å². The van der Waals surface area contributed by atoms with Crippen LogP contribution in [-0.2, 0) is 9.53 Å². The molecule has 0 saturated heterocycles. The minimum atomic E-state index is -0.342. The minimum absolute atomic E-state index is 0.0260. The van der Waals surface area contributed by atoms with Gasteiger partial charge in [0.15, 0.2) is 0 Å². The highest BCUT2D eigenvalue weighted by atomic mass is 16.5. The third-order valence-electron chi connectivity index (χ3n) is 3.28. The fraction of sp³-hybridized carbons (Fsp3) is 0.529. The summed E-state index contributed by atoms with van der Waals surface area (Å²) in [6.45, 7) is 4.58. The van der Waals surface area contributed by atoms with Crippen LogP contribution < -0.4 is 5.32 Å². The molecule has 4 heteroatoms. The number of carbonyl (C=O) groups is 2. The molecule has 1 aromatic carbocycles. The summed E-state index contributed by atoms with van der Waals surface area (Å²) < 4.78 is 5.15. The Hall–Kier alpha value is -1.84. The third kappa shape index (κ3) is 6.93. The summed E-state index contributed by atoms with van der Waals surface area (Å²) >= 11 is 0. The molecule has 0 atom stereocenters. The van der Waals surface area contributed by atoms with Crippen LogP contribution in [0, 0.1) is 6.92 Å². The monoisotopic (exact) mass is 291 g/mol. The molecule has 0 aromatic heterocycles. The van der Waals surface area contributed by atoms with E-state index in [9.17, 15) is 9.59 Å². The van der Waals surface area contributed by atoms with Gasteiger partial charge in [0, 0.05) is 6.42 Å². The van der Waals surface area contributed by atoms with Crippen LogP contribution in [-0.4, -0.2) is 25.0 Å². The zero-order valence-corrected chi connectivity index (χ0v) is 13.0. The Morgan fingerprint density at radius 1 is 1.14 bits per heavy atom. The first-order valence-corrected chi connectivity index (χ1v) is 7.64. The minimum Gasteiger partial charge on any atom is -0.460 e. The van der Waals surface area contributed by atoms with Crippen LogP contribution in [0.15, 0.2) is 24.3 Å². The fourth-order valence-electron chi connectivity index (χ4n) is 2.01. The van der Waals surface area contributed by atoms with Crippen molar-refractivity contribution < 1.29 is 14.3 Å². The fourth-order valence-corrected chi connectivity index (χ4v) is 2.01. The lowest BCUT2D eigenvalue weighted by Crippen LogP contribution is -2.27. The predicted octanol–water partition coefficient (Wildman–Crippen LogP) is 3.24. The van der Waals surface area contributed by atoms with E-state index < -0.39 is 0 Å². The van der Waals surface area contributed by atoms with Gasteiger partial charge in [-0.2, -0.15) is 0 Å². The summed E-state index contributed by atoms with van der Waals surface area (Å²) in [4.78, 5) is 23.3. The average Bonchev–Trinajstić information content (AvgIpc) is 2.48. The van der Waals surface area contributed by atoms with Gasteiger partial charge in [0.1, 0.15) is 6.61 Å². The van der Waals surface area contributed by atoms with E-state index in [4.69, 9.17) is 4.74 Å². The van der Waals surface area contributed by atoms with Crippen molar-refractivity contribution in [1.29, 1.82) is 0 Å². The van der Waals surface area contributed by atoms with Crippen LogP contribution >= 0.6 is 0 Å². The molecule has 21 heavy (non-hydrogen) atoms. The Balaban J connectivity index is 2.15. The van der Waals surface area contributed by atoms with Gasteiger partial charge in [-0.3, -0.25) is 4.79 Å². The highest BCUT2D eigenvalue weighted by molar-refractivity contribution is 5.90. The Labute approximate surface area is 126 Å². The van der Waals surface area contributed by atoms with Crippen molar-refractivity contribution in [2.24, 2.45) is 0 Å². The van der Waals surface area contributed by atoms with Gasteiger partial charge in [0.05, 0.1) is 12.1 Å². The van der Waals surface area contributed by atoms with Gasteiger partial charge >= 0.3 is 5.97 Å². The van der Waals surface area contributed by atoms with Crippen LogP contribution in [0.1, 0.15) is 54.9 Å². The maximum atomic E-state index is 11.8.